The van der Waals surface area contributed by atoms with Gasteiger partial charge in [-0.1, -0.05) is 12.1 Å². The molecule has 0 amide bonds. The number of halogens is 3. The molecule has 1 heterocycles. The van der Waals surface area contributed by atoms with Crippen molar-refractivity contribution < 1.29 is 17.9 Å². The topological polar surface area (TPSA) is 9.23 Å². The van der Waals surface area contributed by atoms with Crippen LogP contribution in [0.1, 0.15) is 11.1 Å². The molecule has 1 aromatic heterocycles. The molecule has 0 atom stereocenters. The lowest BCUT2D eigenvalue weighted by Gasteiger charge is -2.09. The van der Waals surface area contributed by atoms with E-state index < -0.39 is 11.7 Å². The molecule has 0 aliphatic rings. The Kier molecular flexibility index (Phi) is 3.38. The molecule has 0 aliphatic heterocycles. The maximum absolute atomic E-state index is 12.4. The predicted octanol–water partition coefficient (Wildman–Crippen LogP) is 4.35. The molecule has 0 radical (unpaired) electrons. The first-order valence-electron chi connectivity index (χ1n) is 4.87. The number of hydrogen-bond donors (Lipinski definition) is 0. The minimum absolute atomic E-state index is 0.140. The summed E-state index contributed by atoms with van der Waals surface area (Å²) in [4.78, 5) is 0. The van der Waals surface area contributed by atoms with Crippen LogP contribution in [0.15, 0.2) is 41.1 Å². The van der Waals surface area contributed by atoms with Gasteiger partial charge in [0.1, 0.15) is 12.4 Å². The van der Waals surface area contributed by atoms with E-state index in [1.54, 1.807) is 17.5 Å². The predicted molar refractivity (Wildman–Crippen MR) is 60.1 cm³/mol. The van der Waals surface area contributed by atoms with Gasteiger partial charge in [-0.15, -0.1) is 11.3 Å². The van der Waals surface area contributed by atoms with Crippen LogP contribution in [0.2, 0.25) is 0 Å². The van der Waals surface area contributed by atoms with Gasteiger partial charge in [-0.05, 0) is 29.1 Å². The summed E-state index contributed by atoms with van der Waals surface area (Å²) in [5.41, 5.74) is -0.144. The molecular weight excluding hydrogens is 249 g/mol. The van der Waals surface area contributed by atoms with E-state index >= 15 is 0 Å². The third-order valence-corrected chi connectivity index (χ3v) is 2.82. The number of hydrogen-bond acceptors (Lipinski definition) is 2. The first-order valence-corrected chi connectivity index (χ1v) is 5.81. The van der Waals surface area contributed by atoms with E-state index in [-0.39, 0.29) is 6.61 Å². The van der Waals surface area contributed by atoms with Crippen molar-refractivity contribution in [1.29, 1.82) is 0 Å². The van der Waals surface area contributed by atoms with Crippen molar-refractivity contribution >= 4 is 11.3 Å². The molecule has 2 rings (SSSR count). The van der Waals surface area contributed by atoms with Gasteiger partial charge in [0.2, 0.25) is 0 Å². The van der Waals surface area contributed by atoms with Crippen molar-refractivity contribution in [3.8, 4) is 5.75 Å². The Morgan fingerprint density at radius 2 is 2.00 bits per heavy atom. The van der Waals surface area contributed by atoms with Crippen LogP contribution in [0, 0.1) is 0 Å². The Hall–Kier alpha value is -1.49. The Morgan fingerprint density at radius 3 is 2.65 bits per heavy atom. The van der Waals surface area contributed by atoms with Gasteiger partial charge in [0.25, 0.3) is 0 Å². The van der Waals surface area contributed by atoms with Crippen LogP contribution in [-0.2, 0) is 12.8 Å². The van der Waals surface area contributed by atoms with Gasteiger partial charge in [0.05, 0.1) is 5.56 Å². The molecule has 0 N–H and O–H groups in total. The van der Waals surface area contributed by atoms with Crippen LogP contribution >= 0.6 is 11.3 Å². The van der Waals surface area contributed by atoms with Gasteiger partial charge in [-0.3, -0.25) is 0 Å². The monoisotopic (exact) mass is 258 g/mol. The van der Waals surface area contributed by atoms with Crippen LogP contribution < -0.4 is 4.74 Å². The van der Waals surface area contributed by atoms with Crippen LogP contribution in [0.3, 0.4) is 0 Å². The largest absolute Gasteiger partial charge is 0.488 e. The molecule has 17 heavy (non-hydrogen) atoms. The number of alkyl halides is 3. The van der Waals surface area contributed by atoms with Gasteiger partial charge in [-0.25, -0.2) is 0 Å². The first-order chi connectivity index (χ1) is 8.05. The fourth-order valence-corrected chi connectivity index (χ4v) is 1.91. The third kappa shape index (κ3) is 3.23. The fourth-order valence-electron chi connectivity index (χ4n) is 1.34. The molecule has 0 unspecified atom stereocenters. The van der Waals surface area contributed by atoms with E-state index in [2.05, 4.69) is 0 Å². The molecule has 0 saturated heterocycles. The molecule has 90 valence electrons. The molecule has 5 heteroatoms. The van der Waals surface area contributed by atoms with E-state index in [1.807, 2.05) is 5.38 Å². The Bertz CT molecular complexity index is 477. The molecule has 1 aromatic carbocycles. The quantitative estimate of drug-likeness (QED) is 0.795. The highest BCUT2D eigenvalue weighted by Crippen LogP contribution is 2.29. The summed E-state index contributed by atoms with van der Waals surface area (Å²) < 4.78 is 42.7. The van der Waals surface area contributed by atoms with Crippen molar-refractivity contribution in [2.45, 2.75) is 12.8 Å². The zero-order valence-electron chi connectivity index (χ0n) is 8.70. The van der Waals surface area contributed by atoms with Crippen LogP contribution in [-0.4, -0.2) is 0 Å². The summed E-state index contributed by atoms with van der Waals surface area (Å²) in [6, 6.07) is 6.93. The second kappa shape index (κ2) is 4.79. The standard InChI is InChI=1S/C12H9F3OS/c13-12(14,15)10-3-1-2-9(6-10)7-16-11-4-5-17-8-11/h1-6,8H,7H2. The maximum Gasteiger partial charge on any atom is 0.416 e. The summed E-state index contributed by atoms with van der Waals surface area (Å²) in [7, 11) is 0. The Labute approximate surface area is 100 Å². The van der Waals surface area contributed by atoms with Crippen molar-refractivity contribution in [3.05, 3.63) is 52.2 Å². The first kappa shape index (κ1) is 12.0. The number of thiophene rings is 1. The fraction of sp³-hybridized carbons (Fsp3) is 0.167. The van der Waals surface area contributed by atoms with Gasteiger partial charge in [0.15, 0.2) is 0 Å². The lowest BCUT2D eigenvalue weighted by Crippen LogP contribution is -2.06. The number of ether oxygens (including phenoxy) is 1. The van der Waals surface area contributed by atoms with Gasteiger partial charge in [-0.2, -0.15) is 13.2 Å². The molecular formula is C12H9F3OS. The highest BCUT2D eigenvalue weighted by molar-refractivity contribution is 7.08. The summed E-state index contributed by atoms with van der Waals surface area (Å²) in [5, 5.41) is 3.65. The lowest BCUT2D eigenvalue weighted by atomic mass is 10.1. The maximum atomic E-state index is 12.4. The summed E-state index contributed by atoms with van der Waals surface area (Å²) in [5.74, 6) is 0.674. The number of rotatable bonds is 3. The van der Waals surface area contributed by atoms with Crippen LogP contribution in [0.25, 0.3) is 0 Å². The van der Waals surface area contributed by atoms with Crippen molar-refractivity contribution in [3.63, 3.8) is 0 Å². The average molecular weight is 258 g/mol. The molecule has 1 nitrogen and oxygen atoms in total. The van der Waals surface area contributed by atoms with E-state index in [4.69, 9.17) is 4.74 Å². The lowest BCUT2D eigenvalue weighted by molar-refractivity contribution is -0.137. The molecule has 0 fully saturated rings. The SMILES string of the molecule is FC(F)(F)c1cccc(COc2ccsc2)c1. The minimum atomic E-state index is -4.31. The van der Waals surface area contributed by atoms with E-state index in [9.17, 15) is 13.2 Å². The van der Waals surface area contributed by atoms with Crippen molar-refractivity contribution in [2.75, 3.05) is 0 Å². The summed E-state index contributed by atoms with van der Waals surface area (Å²) in [6.45, 7) is 0.140. The third-order valence-electron chi connectivity index (χ3n) is 2.15. The molecule has 2 aromatic rings. The van der Waals surface area contributed by atoms with Gasteiger partial charge >= 0.3 is 6.18 Å². The van der Waals surface area contributed by atoms with Crippen molar-refractivity contribution in [2.24, 2.45) is 0 Å². The molecule has 0 saturated carbocycles. The van der Waals surface area contributed by atoms with Crippen molar-refractivity contribution in [1.82, 2.24) is 0 Å². The van der Waals surface area contributed by atoms with E-state index in [0.29, 0.717) is 11.3 Å². The molecule has 0 spiro atoms. The van der Waals surface area contributed by atoms with Crippen LogP contribution in [0.5, 0.6) is 5.75 Å². The highest BCUT2D eigenvalue weighted by atomic mass is 32.1. The summed E-state index contributed by atoms with van der Waals surface area (Å²) >= 11 is 1.48. The zero-order valence-corrected chi connectivity index (χ0v) is 9.52. The minimum Gasteiger partial charge on any atom is -0.488 e. The summed E-state index contributed by atoms with van der Waals surface area (Å²) in [6.07, 6.45) is -4.31. The second-order valence-corrected chi connectivity index (χ2v) is 4.23. The van der Waals surface area contributed by atoms with E-state index in [1.165, 1.54) is 17.4 Å². The highest BCUT2D eigenvalue weighted by Gasteiger charge is 2.30. The normalized spacial score (nSPS) is 11.5. The smallest absolute Gasteiger partial charge is 0.416 e. The average Bonchev–Trinajstić information content (AvgIpc) is 2.78. The second-order valence-electron chi connectivity index (χ2n) is 3.45. The zero-order chi connectivity index (χ0) is 12.3. The van der Waals surface area contributed by atoms with Crippen LogP contribution in [0.4, 0.5) is 13.2 Å². The Balaban J connectivity index is 2.07. The van der Waals surface area contributed by atoms with E-state index in [0.717, 1.165) is 12.1 Å². The van der Waals surface area contributed by atoms with Gasteiger partial charge < -0.3 is 4.74 Å². The van der Waals surface area contributed by atoms with Gasteiger partial charge in [0, 0.05) is 5.38 Å². The Morgan fingerprint density at radius 1 is 1.18 bits per heavy atom. The number of benzene rings is 1. The molecule has 0 bridgehead atoms. The molecule has 0 aliphatic carbocycles.